The molecule has 4 aromatic carbocycles. The Morgan fingerprint density at radius 1 is 0.714 bits per heavy atom. The summed E-state index contributed by atoms with van der Waals surface area (Å²) >= 11 is -2.50. The van der Waals surface area contributed by atoms with E-state index in [0.717, 1.165) is 12.8 Å². The number of rotatable bonds is 4. The van der Waals surface area contributed by atoms with Crippen molar-refractivity contribution in [3.8, 4) is 11.1 Å². The predicted molar refractivity (Wildman–Crippen MR) is 137 cm³/mol. The topological polar surface area (TPSA) is 0 Å². The van der Waals surface area contributed by atoms with Crippen LogP contribution in [-0.4, -0.2) is 3.21 Å². The van der Waals surface area contributed by atoms with Gasteiger partial charge in [-0.1, -0.05) is 0 Å². The molecule has 0 bridgehead atoms. The standard InChI is InChI=1S/C14H11.C13H10.C5H5.2ClH.Zr/c1-10-6-7-12-9-11-4-2-3-5-13(11)14(12)8-10;1-3-7-12(8-4-1)11-13-9-5-2-6-10-13;1-2-4-5-3-1;;;/h2-6,8H,9H2,1H3;1-10H;1-3H,4H2;2*1H;/q;;;;;+2/p-2. The molecule has 0 heterocycles. The van der Waals surface area contributed by atoms with Crippen molar-refractivity contribution >= 4 is 6.48 Å². The molecular weight excluding hydrogens is 546 g/mol. The Labute approximate surface area is 228 Å². The second-order valence-corrected chi connectivity index (χ2v) is 15.0. The van der Waals surface area contributed by atoms with Crippen molar-refractivity contribution in [1.29, 1.82) is 0 Å². The summed E-state index contributed by atoms with van der Waals surface area (Å²) in [5.74, 6) is 0. The molecule has 6 rings (SSSR count). The molecule has 0 spiro atoms. The number of halogens is 2. The van der Waals surface area contributed by atoms with Crippen LogP contribution >= 0.6 is 0 Å². The molecule has 4 aromatic rings. The van der Waals surface area contributed by atoms with Crippen LogP contribution in [0.25, 0.3) is 11.1 Å². The Hall–Kier alpha value is -2.31. The van der Waals surface area contributed by atoms with Gasteiger partial charge in [0.15, 0.2) is 0 Å². The molecule has 3 heteroatoms. The largest absolute Gasteiger partial charge is 1.00 e. The van der Waals surface area contributed by atoms with Crippen LogP contribution in [0.15, 0.2) is 119 Å². The molecule has 0 amide bonds. The summed E-state index contributed by atoms with van der Waals surface area (Å²) in [7, 11) is 0. The van der Waals surface area contributed by atoms with Crippen molar-refractivity contribution < 1.29 is 46.1 Å². The van der Waals surface area contributed by atoms with E-state index in [1.165, 1.54) is 33.4 Å². The number of hydrogen-bond acceptors (Lipinski definition) is 0. The van der Waals surface area contributed by atoms with Crippen LogP contribution < -0.4 is 28.1 Å². The summed E-state index contributed by atoms with van der Waals surface area (Å²) in [6, 6.07) is 36.2. The number of hydrogen-bond donors (Lipinski definition) is 0. The Morgan fingerprint density at radius 3 is 1.97 bits per heavy atom. The van der Waals surface area contributed by atoms with Gasteiger partial charge in [-0.25, -0.2) is 0 Å². The minimum atomic E-state index is -2.50. The second kappa shape index (κ2) is 11.2. The zero-order chi connectivity index (χ0) is 22.2. The van der Waals surface area contributed by atoms with Gasteiger partial charge < -0.3 is 24.8 Å². The second-order valence-electron chi connectivity index (χ2n) is 8.98. The number of benzene rings is 4. The van der Waals surface area contributed by atoms with Crippen LogP contribution in [0.3, 0.4) is 0 Å². The number of aryl methyl sites for hydroxylation is 1. The number of fused-ring (bicyclic) bond motifs is 3. The summed E-state index contributed by atoms with van der Waals surface area (Å²) < 4.78 is 4.92. The van der Waals surface area contributed by atoms with Crippen LogP contribution in [0.5, 0.6) is 0 Å². The van der Waals surface area contributed by atoms with Gasteiger partial charge >= 0.3 is 205 Å². The van der Waals surface area contributed by atoms with Gasteiger partial charge in [-0.15, -0.1) is 0 Å². The molecule has 2 aliphatic rings. The van der Waals surface area contributed by atoms with Gasteiger partial charge in [0.2, 0.25) is 0 Å². The fourth-order valence-electron chi connectivity index (χ4n) is 5.36. The number of allylic oxidation sites excluding steroid dienone is 4. The molecule has 0 N–H and O–H groups in total. The normalized spacial score (nSPS) is 12.4. The van der Waals surface area contributed by atoms with E-state index >= 15 is 0 Å². The zero-order valence-electron chi connectivity index (χ0n) is 19.6. The molecule has 0 aliphatic heterocycles. The van der Waals surface area contributed by atoms with E-state index in [2.05, 4.69) is 122 Å². The minimum absolute atomic E-state index is 0. The predicted octanol–water partition coefficient (Wildman–Crippen LogP) is 0.931. The van der Waals surface area contributed by atoms with E-state index in [0.29, 0.717) is 0 Å². The molecule has 0 unspecified atom stereocenters. The first-order valence-corrected chi connectivity index (χ1v) is 15.4. The van der Waals surface area contributed by atoms with Crippen molar-refractivity contribution in [3.05, 3.63) is 146 Å². The molecule has 0 fully saturated rings. The van der Waals surface area contributed by atoms with Crippen molar-refractivity contribution in [2.24, 2.45) is 0 Å². The van der Waals surface area contributed by atoms with Gasteiger partial charge in [-0.05, 0) is 0 Å². The smallest absolute Gasteiger partial charge is 1.00 e. The van der Waals surface area contributed by atoms with E-state index in [-0.39, 0.29) is 24.8 Å². The van der Waals surface area contributed by atoms with Gasteiger partial charge in [0.25, 0.3) is 0 Å². The van der Waals surface area contributed by atoms with E-state index in [1.54, 1.807) is 15.3 Å². The molecule has 0 atom stereocenters. The third kappa shape index (κ3) is 4.88. The summed E-state index contributed by atoms with van der Waals surface area (Å²) in [5.41, 5.74) is 10.1. The van der Waals surface area contributed by atoms with E-state index in [1.807, 2.05) is 0 Å². The van der Waals surface area contributed by atoms with Crippen LogP contribution in [0.4, 0.5) is 0 Å². The maximum absolute atomic E-state index is 2.53. The average Bonchev–Trinajstić information content (AvgIpc) is 3.52. The van der Waals surface area contributed by atoms with Gasteiger partial charge in [0, 0.05) is 0 Å². The van der Waals surface area contributed by atoms with Gasteiger partial charge in [-0.2, -0.15) is 0 Å². The maximum Gasteiger partial charge on any atom is -1.00 e. The van der Waals surface area contributed by atoms with E-state index in [4.69, 9.17) is 0 Å². The zero-order valence-corrected chi connectivity index (χ0v) is 23.6. The van der Waals surface area contributed by atoms with E-state index in [9.17, 15) is 0 Å². The summed E-state index contributed by atoms with van der Waals surface area (Å²) in [6.07, 6.45) is 9.19. The SMILES string of the molecule is Cc1cc2c([c]([Zr+2]([C]3=CC=CC3)=[C](c3ccccc3)c3ccccc3)c1)Cc1ccccc1-2.[Cl-].[Cl-]. The molecule has 0 aromatic heterocycles. The minimum Gasteiger partial charge on any atom is -1.00 e. The molecule has 0 nitrogen and oxygen atoms in total. The summed E-state index contributed by atoms with van der Waals surface area (Å²) in [6.45, 7) is 2.28. The molecular formula is C32H26Cl2Zr. The van der Waals surface area contributed by atoms with Crippen LogP contribution in [0.2, 0.25) is 0 Å². The maximum atomic E-state index is 2.53. The first kappa shape index (κ1) is 25.8. The van der Waals surface area contributed by atoms with Gasteiger partial charge in [0.1, 0.15) is 0 Å². The molecule has 2 aliphatic carbocycles. The van der Waals surface area contributed by atoms with Crippen LogP contribution in [-0.2, 0) is 27.7 Å². The Kier molecular flexibility index (Phi) is 8.23. The summed E-state index contributed by atoms with van der Waals surface area (Å²) in [4.78, 5) is 0. The van der Waals surface area contributed by atoms with Gasteiger partial charge in [-0.3, -0.25) is 0 Å². The molecule has 0 saturated heterocycles. The van der Waals surface area contributed by atoms with Gasteiger partial charge in [0.05, 0.1) is 0 Å². The third-order valence-electron chi connectivity index (χ3n) is 6.81. The van der Waals surface area contributed by atoms with Crippen molar-refractivity contribution in [2.45, 2.75) is 19.8 Å². The monoisotopic (exact) mass is 570 g/mol. The Morgan fingerprint density at radius 2 is 1.34 bits per heavy atom. The first-order chi connectivity index (χ1) is 16.3. The molecule has 172 valence electrons. The third-order valence-corrected chi connectivity index (χ3v) is 14.4. The molecule has 0 radical (unpaired) electrons. The average molecular weight is 573 g/mol. The van der Waals surface area contributed by atoms with Crippen molar-refractivity contribution in [1.82, 2.24) is 0 Å². The van der Waals surface area contributed by atoms with Crippen molar-refractivity contribution in [3.63, 3.8) is 0 Å². The van der Waals surface area contributed by atoms with Crippen molar-refractivity contribution in [2.75, 3.05) is 0 Å². The molecule has 0 saturated carbocycles. The van der Waals surface area contributed by atoms with E-state index < -0.39 is 21.3 Å². The fraction of sp³-hybridized carbons (Fsp3) is 0.0938. The molecule has 35 heavy (non-hydrogen) atoms. The Bertz CT molecular complexity index is 1410. The Balaban J connectivity index is 0.00000144. The first-order valence-electron chi connectivity index (χ1n) is 11.7. The van der Waals surface area contributed by atoms with Crippen LogP contribution in [0.1, 0.15) is 34.2 Å². The quantitative estimate of drug-likeness (QED) is 0.301. The summed E-state index contributed by atoms with van der Waals surface area (Å²) in [5, 5.41) is 0. The van der Waals surface area contributed by atoms with Crippen LogP contribution in [0, 0.1) is 6.92 Å². The fourth-order valence-corrected chi connectivity index (χ4v) is 13.5.